The zero-order chi connectivity index (χ0) is 13.2. The van der Waals surface area contributed by atoms with Gasteiger partial charge in [0.25, 0.3) is 0 Å². The summed E-state index contributed by atoms with van der Waals surface area (Å²) in [5.74, 6) is -3.21. The molecule has 1 heterocycles. The molecule has 8 nitrogen and oxygen atoms in total. The molecule has 0 aliphatic carbocycles. The maximum atomic E-state index is 11.5. The van der Waals surface area contributed by atoms with E-state index in [1.807, 2.05) is 0 Å². The minimum absolute atomic E-state index is 0.00412. The fourth-order valence-electron chi connectivity index (χ4n) is 1.06. The van der Waals surface area contributed by atoms with Gasteiger partial charge < -0.3 is 10.8 Å². The Morgan fingerprint density at radius 2 is 2.06 bits per heavy atom. The molecular weight excluding hydrogens is 250 g/mol. The highest BCUT2D eigenvalue weighted by Crippen LogP contribution is 2.09. The van der Waals surface area contributed by atoms with Gasteiger partial charge in [-0.05, 0) is 6.92 Å². The van der Waals surface area contributed by atoms with Gasteiger partial charge in [-0.1, -0.05) is 0 Å². The Labute approximate surface area is 96.4 Å². The number of primary amides is 1. The third kappa shape index (κ3) is 2.97. The van der Waals surface area contributed by atoms with E-state index < -0.39 is 32.6 Å². The molecule has 0 aliphatic heterocycles. The minimum atomic E-state index is -4.01. The van der Waals surface area contributed by atoms with Crippen LogP contribution in [0.3, 0.4) is 0 Å². The molecule has 0 spiro atoms. The number of sulfone groups is 1. The third-order valence-electron chi connectivity index (χ3n) is 1.80. The number of hydrogen-bond acceptors (Lipinski definition) is 6. The molecular formula is C8H9N3O5S. The SMILES string of the molecule is Cc1nc(S(=O)(=O)CC(N)=O)ncc1C(=O)O. The normalized spacial score (nSPS) is 11.1. The molecule has 0 unspecified atom stereocenters. The van der Waals surface area contributed by atoms with E-state index in [4.69, 9.17) is 10.8 Å². The first-order chi connectivity index (χ1) is 7.74. The van der Waals surface area contributed by atoms with Crippen LogP contribution in [-0.4, -0.2) is 41.1 Å². The zero-order valence-corrected chi connectivity index (χ0v) is 9.56. The lowest BCUT2D eigenvalue weighted by Crippen LogP contribution is -2.25. The molecule has 1 aromatic rings. The number of aryl methyl sites for hydroxylation is 1. The summed E-state index contributed by atoms with van der Waals surface area (Å²) in [6, 6.07) is 0. The van der Waals surface area contributed by atoms with Gasteiger partial charge in [0.05, 0.1) is 11.3 Å². The Morgan fingerprint density at radius 1 is 1.47 bits per heavy atom. The Bertz CT molecular complexity index is 581. The van der Waals surface area contributed by atoms with Crippen LogP contribution in [0.5, 0.6) is 0 Å². The standard InChI is InChI=1S/C8H9N3O5S/c1-4-5(7(13)14)2-10-8(11-4)17(15,16)3-6(9)12/h2H,3H2,1H3,(H2,9,12)(H,13,14). The molecule has 0 radical (unpaired) electrons. The first kappa shape index (κ1) is 13.0. The van der Waals surface area contributed by atoms with Crippen LogP contribution in [0.25, 0.3) is 0 Å². The summed E-state index contributed by atoms with van der Waals surface area (Å²) in [6.07, 6.45) is 0.874. The number of nitrogens with zero attached hydrogens (tertiary/aromatic N) is 2. The van der Waals surface area contributed by atoms with Crippen LogP contribution in [-0.2, 0) is 14.6 Å². The Kier molecular flexibility index (Phi) is 3.42. The molecule has 3 N–H and O–H groups in total. The van der Waals surface area contributed by atoms with Gasteiger partial charge in [-0.15, -0.1) is 0 Å². The Hall–Kier alpha value is -2.03. The lowest BCUT2D eigenvalue weighted by Gasteiger charge is -2.03. The van der Waals surface area contributed by atoms with Crippen LogP contribution in [0.1, 0.15) is 16.1 Å². The molecule has 9 heteroatoms. The van der Waals surface area contributed by atoms with Crippen molar-refractivity contribution >= 4 is 21.7 Å². The molecule has 0 atom stereocenters. The molecule has 0 bridgehead atoms. The predicted molar refractivity (Wildman–Crippen MR) is 55.0 cm³/mol. The van der Waals surface area contributed by atoms with Gasteiger partial charge in [-0.25, -0.2) is 23.2 Å². The number of carboxylic acid groups (broad SMARTS) is 1. The van der Waals surface area contributed by atoms with Crippen LogP contribution in [0.2, 0.25) is 0 Å². The van der Waals surface area contributed by atoms with E-state index in [9.17, 15) is 18.0 Å². The summed E-state index contributed by atoms with van der Waals surface area (Å²) < 4.78 is 23.0. The number of nitrogens with two attached hydrogens (primary N) is 1. The molecule has 0 fully saturated rings. The summed E-state index contributed by atoms with van der Waals surface area (Å²) in [7, 11) is -4.01. The van der Waals surface area contributed by atoms with Crippen molar-refractivity contribution in [2.75, 3.05) is 5.75 Å². The van der Waals surface area contributed by atoms with Gasteiger partial charge >= 0.3 is 5.97 Å². The van der Waals surface area contributed by atoms with Crippen LogP contribution in [0.4, 0.5) is 0 Å². The van der Waals surface area contributed by atoms with E-state index in [0.717, 1.165) is 6.20 Å². The highest BCUT2D eigenvalue weighted by molar-refractivity contribution is 7.91. The number of rotatable bonds is 4. The maximum absolute atomic E-state index is 11.5. The quantitative estimate of drug-likeness (QED) is 0.643. The number of carbonyl (C=O) groups excluding carboxylic acids is 1. The number of hydrogen-bond donors (Lipinski definition) is 2. The van der Waals surface area contributed by atoms with Crippen molar-refractivity contribution in [3.8, 4) is 0 Å². The van der Waals surface area contributed by atoms with E-state index in [-0.39, 0.29) is 11.3 Å². The average Bonchev–Trinajstić information content (AvgIpc) is 2.14. The van der Waals surface area contributed by atoms with Gasteiger partial charge in [0.2, 0.25) is 20.9 Å². The van der Waals surface area contributed by atoms with Crippen molar-refractivity contribution in [2.45, 2.75) is 12.1 Å². The van der Waals surface area contributed by atoms with E-state index in [1.54, 1.807) is 0 Å². The lowest BCUT2D eigenvalue weighted by atomic mass is 10.2. The monoisotopic (exact) mass is 259 g/mol. The summed E-state index contributed by atoms with van der Waals surface area (Å²) in [4.78, 5) is 28.1. The number of amides is 1. The first-order valence-electron chi connectivity index (χ1n) is 4.32. The molecule has 1 rings (SSSR count). The molecule has 0 aliphatic rings. The summed E-state index contributed by atoms with van der Waals surface area (Å²) in [6.45, 7) is 1.33. The van der Waals surface area contributed by atoms with Gasteiger partial charge in [0, 0.05) is 6.20 Å². The van der Waals surface area contributed by atoms with E-state index >= 15 is 0 Å². The zero-order valence-electron chi connectivity index (χ0n) is 8.74. The second kappa shape index (κ2) is 4.45. The number of aromatic nitrogens is 2. The fraction of sp³-hybridized carbons (Fsp3) is 0.250. The fourth-order valence-corrected chi connectivity index (χ4v) is 2.05. The third-order valence-corrected chi connectivity index (χ3v) is 3.22. The van der Waals surface area contributed by atoms with Gasteiger partial charge in [-0.3, -0.25) is 4.79 Å². The summed E-state index contributed by atoms with van der Waals surface area (Å²) >= 11 is 0. The highest BCUT2D eigenvalue weighted by Gasteiger charge is 2.22. The molecule has 0 aromatic carbocycles. The van der Waals surface area contributed by atoms with Crippen LogP contribution >= 0.6 is 0 Å². The largest absolute Gasteiger partial charge is 0.478 e. The van der Waals surface area contributed by atoms with E-state index in [0.29, 0.717) is 0 Å². The second-order valence-electron chi connectivity index (χ2n) is 3.18. The van der Waals surface area contributed by atoms with Gasteiger partial charge in [0.15, 0.2) is 0 Å². The molecule has 17 heavy (non-hydrogen) atoms. The molecule has 0 saturated heterocycles. The smallest absolute Gasteiger partial charge is 0.339 e. The van der Waals surface area contributed by atoms with Gasteiger partial charge in [0.1, 0.15) is 5.75 Å². The first-order valence-corrected chi connectivity index (χ1v) is 5.97. The Balaban J connectivity index is 3.23. The van der Waals surface area contributed by atoms with Gasteiger partial charge in [-0.2, -0.15) is 0 Å². The van der Waals surface area contributed by atoms with Crippen molar-refractivity contribution in [1.29, 1.82) is 0 Å². The van der Waals surface area contributed by atoms with Crippen molar-refractivity contribution in [1.82, 2.24) is 9.97 Å². The molecule has 1 aromatic heterocycles. The van der Waals surface area contributed by atoms with Crippen molar-refractivity contribution in [2.24, 2.45) is 5.73 Å². The molecule has 1 amide bonds. The number of carboxylic acids is 1. The van der Waals surface area contributed by atoms with Crippen LogP contribution in [0, 0.1) is 6.92 Å². The van der Waals surface area contributed by atoms with Crippen molar-refractivity contribution < 1.29 is 23.1 Å². The number of carbonyl (C=O) groups is 2. The second-order valence-corrected chi connectivity index (χ2v) is 5.07. The average molecular weight is 259 g/mol. The van der Waals surface area contributed by atoms with Crippen molar-refractivity contribution in [3.63, 3.8) is 0 Å². The predicted octanol–water partition coefficient (Wildman–Crippen LogP) is -1.26. The van der Waals surface area contributed by atoms with Crippen LogP contribution in [0.15, 0.2) is 11.4 Å². The molecule has 92 valence electrons. The van der Waals surface area contributed by atoms with Crippen LogP contribution < -0.4 is 5.73 Å². The minimum Gasteiger partial charge on any atom is -0.478 e. The lowest BCUT2D eigenvalue weighted by molar-refractivity contribution is -0.115. The maximum Gasteiger partial charge on any atom is 0.339 e. The van der Waals surface area contributed by atoms with E-state index in [1.165, 1.54) is 6.92 Å². The topological polar surface area (TPSA) is 140 Å². The number of aromatic carboxylic acids is 1. The summed E-state index contributed by atoms with van der Waals surface area (Å²) in [5, 5.41) is 8.09. The van der Waals surface area contributed by atoms with Crippen molar-refractivity contribution in [3.05, 3.63) is 17.5 Å². The Morgan fingerprint density at radius 3 is 2.47 bits per heavy atom. The summed E-state index contributed by atoms with van der Waals surface area (Å²) in [5.41, 5.74) is 4.55. The highest BCUT2D eigenvalue weighted by atomic mass is 32.2. The van der Waals surface area contributed by atoms with E-state index in [2.05, 4.69) is 9.97 Å². The molecule has 0 saturated carbocycles.